The van der Waals surface area contributed by atoms with E-state index in [1.165, 1.54) is 6.07 Å². The Bertz CT molecular complexity index is 689. The van der Waals surface area contributed by atoms with Crippen molar-refractivity contribution in [2.75, 3.05) is 24.3 Å². The highest BCUT2D eigenvalue weighted by Gasteiger charge is 2.06. The molecule has 21 heavy (non-hydrogen) atoms. The number of nitrogens with one attached hydrogen (secondary N) is 1. The summed E-state index contributed by atoms with van der Waals surface area (Å²) in [6.07, 6.45) is 0. The predicted molar refractivity (Wildman–Crippen MR) is 81.7 cm³/mol. The van der Waals surface area contributed by atoms with Crippen LogP contribution in [0.2, 0.25) is 0 Å². The Labute approximate surface area is 123 Å². The molecule has 0 spiro atoms. The first-order valence-corrected chi connectivity index (χ1v) is 6.58. The fourth-order valence-corrected chi connectivity index (χ4v) is 1.96. The molecule has 0 atom stereocenters. The number of nitrogens with zero attached hydrogens (tertiary/aromatic N) is 3. The summed E-state index contributed by atoms with van der Waals surface area (Å²) in [7, 11) is 3.60. The van der Waals surface area contributed by atoms with Gasteiger partial charge in [0.25, 0.3) is 0 Å². The van der Waals surface area contributed by atoms with Crippen molar-refractivity contribution in [1.82, 2.24) is 4.98 Å². The Kier molecular flexibility index (Phi) is 4.39. The van der Waals surface area contributed by atoms with Gasteiger partial charge in [-0.25, -0.2) is 9.37 Å². The molecule has 2 rings (SSSR count). The molecule has 0 radical (unpaired) electrons. The van der Waals surface area contributed by atoms with E-state index in [1.807, 2.05) is 25.1 Å². The highest BCUT2D eigenvalue weighted by atomic mass is 19.1. The zero-order chi connectivity index (χ0) is 15.4. The fraction of sp³-hybridized carbons (Fsp3) is 0.250. The van der Waals surface area contributed by atoms with Crippen LogP contribution in [0.25, 0.3) is 0 Å². The maximum absolute atomic E-state index is 13.9. The lowest BCUT2D eigenvalue weighted by atomic mass is 10.2. The summed E-state index contributed by atoms with van der Waals surface area (Å²) in [5, 5.41) is 12.0. The molecule has 0 aliphatic rings. The van der Waals surface area contributed by atoms with Crippen molar-refractivity contribution in [3.05, 3.63) is 53.0 Å². The number of hydrogen-bond acceptors (Lipinski definition) is 4. The number of pyridine rings is 1. The molecular formula is C16H17FN4. The molecule has 1 N–H and O–H groups in total. The van der Waals surface area contributed by atoms with Gasteiger partial charge < -0.3 is 10.2 Å². The molecule has 0 amide bonds. The number of nitriles is 1. The lowest BCUT2D eigenvalue weighted by molar-refractivity contribution is 0.624. The van der Waals surface area contributed by atoms with Crippen molar-refractivity contribution >= 4 is 11.5 Å². The van der Waals surface area contributed by atoms with E-state index in [4.69, 9.17) is 5.26 Å². The molecule has 0 bridgehead atoms. The summed E-state index contributed by atoms with van der Waals surface area (Å²) in [6.45, 7) is 2.29. The van der Waals surface area contributed by atoms with Crippen molar-refractivity contribution in [3.8, 4) is 6.07 Å². The van der Waals surface area contributed by atoms with Gasteiger partial charge in [0, 0.05) is 20.6 Å². The van der Waals surface area contributed by atoms with Crippen molar-refractivity contribution in [3.63, 3.8) is 0 Å². The van der Waals surface area contributed by atoms with Crippen LogP contribution in [0.1, 0.15) is 16.8 Å². The second kappa shape index (κ2) is 6.23. The maximum atomic E-state index is 13.9. The minimum atomic E-state index is -0.256. The van der Waals surface area contributed by atoms with Gasteiger partial charge in [0.05, 0.1) is 5.69 Å². The summed E-state index contributed by atoms with van der Waals surface area (Å²) in [4.78, 5) is 5.93. The summed E-state index contributed by atoms with van der Waals surface area (Å²) >= 11 is 0. The van der Waals surface area contributed by atoms with Crippen LogP contribution in [0.4, 0.5) is 15.9 Å². The third kappa shape index (κ3) is 3.48. The van der Waals surface area contributed by atoms with E-state index in [1.54, 1.807) is 31.1 Å². The fourth-order valence-electron chi connectivity index (χ4n) is 1.96. The Morgan fingerprint density at radius 3 is 2.67 bits per heavy atom. The molecule has 1 aromatic carbocycles. The molecule has 0 unspecified atom stereocenters. The van der Waals surface area contributed by atoms with Crippen molar-refractivity contribution in [1.29, 1.82) is 5.26 Å². The van der Waals surface area contributed by atoms with Gasteiger partial charge in [0.2, 0.25) is 0 Å². The van der Waals surface area contributed by atoms with Gasteiger partial charge >= 0.3 is 0 Å². The monoisotopic (exact) mass is 284 g/mol. The average Bonchev–Trinajstić information content (AvgIpc) is 2.46. The Hall–Kier alpha value is -2.61. The van der Waals surface area contributed by atoms with E-state index in [9.17, 15) is 4.39 Å². The summed E-state index contributed by atoms with van der Waals surface area (Å²) in [5.74, 6) is 0.350. The van der Waals surface area contributed by atoms with E-state index >= 15 is 0 Å². The summed E-state index contributed by atoms with van der Waals surface area (Å²) < 4.78 is 13.9. The zero-order valence-corrected chi connectivity index (χ0v) is 12.3. The third-order valence-electron chi connectivity index (χ3n) is 3.17. The normalized spacial score (nSPS) is 10.0. The second-order valence-corrected chi connectivity index (χ2v) is 5.01. The van der Waals surface area contributed by atoms with Crippen molar-refractivity contribution in [2.24, 2.45) is 0 Å². The SMILES string of the molecule is Cc1ccc(NCc2ccc(N(C)C)c(F)c2)nc1C#N. The largest absolute Gasteiger partial charge is 0.375 e. The molecule has 0 saturated heterocycles. The second-order valence-electron chi connectivity index (χ2n) is 5.01. The van der Waals surface area contributed by atoms with Crippen LogP contribution < -0.4 is 10.2 Å². The smallest absolute Gasteiger partial charge is 0.146 e. The number of aromatic nitrogens is 1. The first-order valence-electron chi connectivity index (χ1n) is 6.58. The van der Waals surface area contributed by atoms with Crippen LogP contribution in [0.5, 0.6) is 0 Å². The zero-order valence-electron chi connectivity index (χ0n) is 12.3. The van der Waals surface area contributed by atoms with Crippen LogP contribution >= 0.6 is 0 Å². The molecular weight excluding hydrogens is 267 g/mol. The van der Waals surface area contributed by atoms with Gasteiger partial charge in [-0.1, -0.05) is 12.1 Å². The molecule has 0 fully saturated rings. The highest BCUT2D eigenvalue weighted by Crippen LogP contribution is 2.19. The van der Waals surface area contributed by atoms with Crippen LogP contribution in [-0.4, -0.2) is 19.1 Å². The minimum absolute atomic E-state index is 0.256. The van der Waals surface area contributed by atoms with E-state index < -0.39 is 0 Å². The van der Waals surface area contributed by atoms with E-state index in [2.05, 4.69) is 10.3 Å². The van der Waals surface area contributed by atoms with Crippen LogP contribution in [0.15, 0.2) is 30.3 Å². The van der Waals surface area contributed by atoms with Gasteiger partial charge in [-0.05, 0) is 36.2 Å². The van der Waals surface area contributed by atoms with E-state index in [-0.39, 0.29) is 5.82 Å². The van der Waals surface area contributed by atoms with Crippen molar-refractivity contribution in [2.45, 2.75) is 13.5 Å². The minimum Gasteiger partial charge on any atom is -0.375 e. The molecule has 0 aliphatic carbocycles. The lowest BCUT2D eigenvalue weighted by Crippen LogP contribution is -2.11. The van der Waals surface area contributed by atoms with Gasteiger partial charge in [-0.15, -0.1) is 0 Å². The van der Waals surface area contributed by atoms with Gasteiger partial charge in [-0.2, -0.15) is 5.26 Å². The summed E-state index contributed by atoms with van der Waals surface area (Å²) in [6, 6.07) is 10.8. The molecule has 1 heterocycles. The molecule has 1 aromatic heterocycles. The molecule has 2 aromatic rings. The van der Waals surface area contributed by atoms with E-state index in [0.29, 0.717) is 23.7 Å². The Morgan fingerprint density at radius 1 is 1.29 bits per heavy atom. The number of halogens is 1. The van der Waals surface area contributed by atoms with Gasteiger partial charge in [0.1, 0.15) is 23.4 Å². The Balaban J connectivity index is 2.10. The molecule has 4 nitrogen and oxygen atoms in total. The molecule has 0 aliphatic heterocycles. The Morgan fingerprint density at radius 2 is 2.05 bits per heavy atom. The number of hydrogen-bond donors (Lipinski definition) is 1. The van der Waals surface area contributed by atoms with E-state index in [0.717, 1.165) is 11.1 Å². The topological polar surface area (TPSA) is 52.0 Å². The standard InChI is InChI=1S/C16H17FN4/c1-11-4-7-16(20-14(11)9-18)19-10-12-5-6-15(21(2)3)13(17)8-12/h4-8H,10H2,1-3H3,(H,19,20). The van der Waals surface area contributed by atoms with Crippen LogP contribution in [-0.2, 0) is 6.54 Å². The predicted octanol–water partition coefficient (Wildman–Crippen LogP) is 3.08. The number of aryl methyl sites for hydroxylation is 1. The molecule has 108 valence electrons. The summed E-state index contributed by atoms with van der Waals surface area (Å²) in [5.41, 5.74) is 2.61. The van der Waals surface area contributed by atoms with Gasteiger partial charge in [0.15, 0.2) is 0 Å². The number of rotatable bonds is 4. The van der Waals surface area contributed by atoms with Crippen LogP contribution in [0, 0.1) is 24.1 Å². The average molecular weight is 284 g/mol. The third-order valence-corrected chi connectivity index (χ3v) is 3.17. The number of benzene rings is 1. The number of anilines is 2. The quantitative estimate of drug-likeness (QED) is 0.937. The first kappa shape index (κ1) is 14.8. The maximum Gasteiger partial charge on any atom is 0.146 e. The lowest BCUT2D eigenvalue weighted by Gasteiger charge is -2.14. The van der Waals surface area contributed by atoms with Crippen molar-refractivity contribution < 1.29 is 4.39 Å². The first-order chi connectivity index (χ1) is 10.0. The highest BCUT2D eigenvalue weighted by molar-refractivity contribution is 5.49. The van der Waals surface area contributed by atoms with Crippen LogP contribution in [0.3, 0.4) is 0 Å². The molecule has 5 heteroatoms. The van der Waals surface area contributed by atoms with Gasteiger partial charge in [-0.3, -0.25) is 0 Å². The molecule has 0 saturated carbocycles.